The Kier molecular flexibility index (Phi) is 7.49. The summed E-state index contributed by atoms with van der Waals surface area (Å²) >= 11 is 0. The number of fused-ring (bicyclic) bond motifs is 1. The minimum atomic E-state index is -0.302. The lowest BCUT2D eigenvalue weighted by Crippen LogP contribution is -2.33. The van der Waals surface area contributed by atoms with Gasteiger partial charge < -0.3 is 34.1 Å². The van der Waals surface area contributed by atoms with E-state index in [1.54, 1.807) is 33.7 Å². The lowest BCUT2D eigenvalue weighted by atomic mass is 10.0. The third-order valence-corrected chi connectivity index (χ3v) is 7.46. The number of nitrogens with zero attached hydrogens (tertiary/aromatic N) is 5. The molecule has 11 heteroatoms. The fourth-order valence-electron chi connectivity index (χ4n) is 5.40. The molecule has 0 saturated carbocycles. The Morgan fingerprint density at radius 2 is 1.76 bits per heavy atom. The average molecular weight is 571 g/mol. The summed E-state index contributed by atoms with van der Waals surface area (Å²) in [7, 11) is 4.69. The van der Waals surface area contributed by atoms with Crippen LogP contribution in [0.2, 0.25) is 0 Å². The molecule has 2 N–H and O–H groups in total. The molecule has 42 heavy (non-hydrogen) atoms. The maximum absolute atomic E-state index is 14.0. The first-order valence-corrected chi connectivity index (χ1v) is 13.6. The first-order valence-electron chi connectivity index (χ1n) is 13.6. The summed E-state index contributed by atoms with van der Waals surface area (Å²) in [6, 6.07) is 15.9. The van der Waals surface area contributed by atoms with Gasteiger partial charge in [0.1, 0.15) is 18.0 Å². The van der Waals surface area contributed by atoms with Gasteiger partial charge in [0.2, 0.25) is 11.7 Å². The van der Waals surface area contributed by atoms with Crippen LogP contribution >= 0.6 is 0 Å². The van der Waals surface area contributed by atoms with Gasteiger partial charge in [-0.2, -0.15) is 4.98 Å². The predicted molar refractivity (Wildman–Crippen MR) is 159 cm³/mol. The molecule has 10 nitrogen and oxygen atoms in total. The summed E-state index contributed by atoms with van der Waals surface area (Å²) in [5, 5.41) is 14.1. The van der Waals surface area contributed by atoms with Gasteiger partial charge in [-0.05, 0) is 48.2 Å². The van der Waals surface area contributed by atoms with E-state index in [1.165, 1.54) is 12.1 Å². The molecule has 216 valence electrons. The van der Waals surface area contributed by atoms with Crippen molar-refractivity contribution in [3.63, 3.8) is 0 Å². The van der Waals surface area contributed by atoms with Crippen molar-refractivity contribution in [1.29, 1.82) is 0 Å². The predicted octanol–water partition coefficient (Wildman–Crippen LogP) is 5.35. The van der Waals surface area contributed by atoms with Crippen molar-refractivity contribution in [2.45, 2.75) is 18.9 Å². The molecule has 0 radical (unpaired) electrons. The van der Waals surface area contributed by atoms with E-state index in [0.717, 1.165) is 47.4 Å². The molecule has 1 atom stereocenters. The second kappa shape index (κ2) is 11.5. The number of anilines is 3. The van der Waals surface area contributed by atoms with Crippen molar-refractivity contribution < 1.29 is 23.7 Å². The second-order valence-electron chi connectivity index (χ2n) is 9.96. The highest BCUT2D eigenvalue weighted by Crippen LogP contribution is 2.39. The van der Waals surface area contributed by atoms with Gasteiger partial charge in [-0.3, -0.25) is 0 Å². The number of hydrogen-bond donors (Lipinski definition) is 2. The smallest absolute Gasteiger partial charge is 0.230 e. The van der Waals surface area contributed by atoms with Gasteiger partial charge in [-0.25, -0.2) is 14.4 Å². The number of aliphatic hydroxyl groups is 1. The number of ether oxygens (including phenoxy) is 3. The van der Waals surface area contributed by atoms with E-state index >= 15 is 0 Å². The Balaban J connectivity index is 1.39. The fraction of sp³-hybridized carbons (Fsp3) is 0.258. The largest absolute Gasteiger partial charge is 0.493 e. The van der Waals surface area contributed by atoms with E-state index in [0.29, 0.717) is 34.5 Å². The maximum atomic E-state index is 14.0. The molecular formula is C31H31FN6O4. The van der Waals surface area contributed by atoms with Gasteiger partial charge in [-0.1, -0.05) is 18.2 Å². The minimum Gasteiger partial charge on any atom is -0.493 e. The Morgan fingerprint density at radius 3 is 2.48 bits per heavy atom. The fourth-order valence-corrected chi connectivity index (χ4v) is 5.40. The number of hydrogen-bond acceptors (Lipinski definition) is 9. The molecule has 5 aromatic rings. The Labute approximate surface area is 242 Å². The molecule has 3 heterocycles. The lowest BCUT2D eigenvalue weighted by molar-refractivity contribution is 0.266. The zero-order valence-electron chi connectivity index (χ0n) is 23.5. The molecule has 6 rings (SSSR count). The van der Waals surface area contributed by atoms with E-state index in [4.69, 9.17) is 24.2 Å². The van der Waals surface area contributed by atoms with E-state index in [2.05, 4.69) is 15.2 Å². The lowest BCUT2D eigenvalue weighted by Gasteiger charge is -2.26. The van der Waals surface area contributed by atoms with Crippen molar-refractivity contribution in [3.05, 3.63) is 72.9 Å². The summed E-state index contributed by atoms with van der Waals surface area (Å²) in [6.45, 7) is 0.813. The van der Waals surface area contributed by atoms with Gasteiger partial charge in [0.05, 0.1) is 51.4 Å². The van der Waals surface area contributed by atoms with Crippen LogP contribution in [0.4, 0.5) is 22.0 Å². The van der Waals surface area contributed by atoms with Crippen LogP contribution in [0, 0.1) is 5.82 Å². The van der Waals surface area contributed by atoms with Crippen molar-refractivity contribution in [3.8, 4) is 34.1 Å². The van der Waals surface area contributed by atoms with Gasteiger partial charge in [-0.15, -0.1) is 0 Å². The second-order valence-corrected chi connectivity index (χ2v) is 9.96. The van der Waals surface area contributed by atoms with E-state index < -0.39 is 0 Å². The third kappa shape index (κ3) is 5.14. The average Bonchev–Trinajstić information content (AvgIpc) is 3.69. The number of imidazole rings is 1. The molecule has 1 saturated heterocycles. The first-order chi connectivity index (χ1) is 20.5. The van der Waals surface area contributed by atoms with Crippen LogP contribution < -0.4 is 24.4 Å². The molecular weight excluding hydrogens is 539 g/mol. The molecule has 0 spiro atoms. The number of aromatic nitrogens is 4. The third-order valence-electron chi connectivity index (χ3n) is 7.46. The summed E-state index contributed by atoms with van der Waals surface area (Å²) in [5.74, 6) is 2.85. The van der Waals surface area contributed by atoms with Crippen LogP contribution in [-0.4, -0.2) is 65.1 Å². The highest BCUT2D eigenvalue weighted by molar-refractivity contribution is 5.94. The van der Waals surface area contributed by atoms with Crippen molar-refractivity contribution in [2.75, 3.05) is 44.7 Å². The van der Waals surface area contributed by atoms with Crippen LogP contribution in [0.3, 0.4) is 0 Å². The van der Waals surface area contributed by atoms with Crippen LogP contribution in [0.15, 0.2) is 67.1 Å². The number of benzene rings is 3. The van der Waals surface area contributed by atoms with Crippen molar-refractivity contribution >= 4 is 28.5 Å². The summed E-state index contributed by atoms with van der Waals surface area (Å²) in [6.07, 6.45) is 5.31. The number of methoxy groups -OCH3 is 3. The molecule has 0 unspecified atom stereocenters. The number of aliphatic hydroxyl groups excluding tert-OH is 1. The van der Waals surface area contributed by atoms with Crippen LogP contribution in [-0.2, 0) is 0 Å². The summed E-state index contributed by atoms with van der Waals surface area (Å²) in [4.78, 5) is 16.3. The van der Waals surface area contributed by atoms with E-state index in [1.807, 2.05) is 47.2 Å². The summed E-state index contributed by atoms with van der Waals surface area (Å²) < 4.78 is 32.2. The minimum absolute atomic E-state index is 0.0295. The monoisotopic (exact) mass is 570 g/mol. The van der Waals surface area contributed by atoms with Crippen molar-refractivity contribution in [2.24, 2.45) is 0 Å². The van der Waals surface area contributed by atoms with Crippen molar-refractivity contribution in [1.82, 2.24) is 19.5 Å². The molecule has 0 amide bonds. The van der Waals surface area contributed by atoms with Gasteiger partial charge >= 0.3 is 0 Å². The molecule has 1 aliphatic heterocycles. The molecule has 0 aliphatic carbocycles. The van der Waals surface area contributed by atoms with Gasteiger partial charge in [0.15, 0.2) is 17.3 Å². The summed E-state index contributed by atoms with van der Waals surface area (Å²) in [5.41, 5.74) is 3.04. The number of nitrogens with one attached hydrogen (secondary N) is 1. The molecule has 1 aliphatic rings. The molecule has 3 aromatic carbocycles. The zero-order valence-corrected chi connectivity index (χ0v) is 23.5. The quantitative estimate of drug-likeness (QED) is 0.242. The Bertz CT molecular complexity index is 1720. The highest BCUT2D eigenvalue weighted by atomic mass is 19.1. The molecule has 0 bridgehead atoms. The zero-order chi connectivity index (χ0) is 29.2. The molecule has 2 aromatic heterocycles. The maximum Gasteiger partial charge on any atom is 0.230 e. The van der Waals surface area contributed by atoms with E-state index in [9.17, 15) is 9.50 Å². The van der Waals surface area contributed by atoms with Gasteiger partial charge in [0.25, 0.3) is 0 Å². The van der Waals surface area contributed by atoms with E-state index in [-0.39, 0.29) is 18.5 Å². The molecule has 1 fully saturated rings. The topological polar surface area (TPSA) is 107 Å². The van der Waals surface area contributed by atoms with Crippen LogP contribution in [0.1, 0.15) is 12.8 Å². The first kappa shape index (κ1) is 27.3. The number of halogens is 1. The standard InChI is InChI=1S/C31H31FN6O4/c1-40-26-14-23(15-27(41-2)29(26)42-3)37-16-28(33-18-37)35-31-34-25-13-20(19-6-4-7-21(32)12-19)9-10-24(25)30(36-31)38-11-5-8-22(38)17-39/h4,6-7,9-10,12-16,18,22,39H,5,8,11,17H2,1-3H3,(H,34,35,36)/t22-/m0/s1. The highest BCUT2D eigenvalue weighted by Gasteiger charge is 2.27. The normalized spacial score (nSPS) is 14.8. The SMILES string of the molecule is COc1cc(-n2cnc(Nc3nc(N4CCC[C@H]4CO)c4ccc(-c5cccc(F)c5)cc4n3)c2)cc(OC)c1OC. The number of rotatable bonds is 9. The Hall–Kier alpha value is -4.90. The van der Waals surface area contributed by atoms with Crippen LogP contribution in [0.5, 0.6) is 17.2 Å². The Morgan fingerprint density at radius 1 is 0.976 bits per heavy atom. The van der Waals surface area contributed by atoms with Gasteiger partial charge in [0, 0.05) is 24.1 Å². The van der Waals surface area contributed by atoms with Crippen LogP contribution in [0.25, 0.3) is 27.7 Å².